The van der Waals surface area contributed by atoms with E-state index in [1.54, 1.807) is 17.8 Å². The number of nitrogens with one attached hydrogen (secondary N) is 2. The van der Waals surface area contributed by atoms with E-state index in [-0.39, 0.29) is 5.82 Å². The third-order valence-electron chi connectivity index (χ3n) is 3.30. The summed E-state index contributed by atoms with van der Waals surface area (Å²) >= 11 is 0. The monoisotopic (exact) mass is 335 g/mol. The summed E-state index contributed by atoms with van der Waals surface area (Å²) in [6.45, 7) is 2.56. The minimum atomic E-state index is -0.552. The lowest BCUT2D eigenvalue weighted by molar-refractivity contribution is 0.116. The van der Waals surface area contributed by atoms with Crippen molar-refractivity contribution in [3.05, 3.63) is 42.0 Å². The number of hydrogen-bond donors (Lipinski definition) is 3. The Morgan fingerprint density at radius 3 is 2.83 bits per heavy atom. The molecule has 3 N–H and O–H groups in total. The van der Waals surface area contributed by atoms with E-state index >= 15 is 0 Å². The van der Waals surface area contributed by atoms with Crippen LogP contribution in [0.1, 0.15) is 5.56 Å². The first kappa shape index (κ1) is 17.9. The molecule has 0 saturated carbocycles. The molecular weight excluding hydrogens is 313 g/mol. The van der Waals surface area contributed by atoms with Crippen molar-refractivity contribution in [1.82, 2.24) is 14.7 Å². The van der Waals surface area contributed by atoms with Crippen LogP contribution in [-0.4, -0.2) is 52.6 Å². The molecule has 8 heteroatoms. The third kappa shape index (κ3) is 5.32. The SMILES string of the molecule is Cc1cc(F)ccc1NC(=O)Nc1cnn(CC(O)CN(C)C)c1. The molecule has 0 radical (unpaired) electrons. The fraction of sp³-hybridized carbons (Fsp3) is 0.375. The van der Waals surface area contributed by atoms with Crippen molar-refractivity contribution in [2.45, 2.75) is 19.6 Å². The van der Waals surface area contributed by atoms with Gasteiger partial charge in [0, 0.05) is 18.4 Å². The van der Waals surface area contributed by atoms with Crippen LogP contribution in [0.25, 0.3) is 0 Å². The van der Waals surface area contributed by atoms with Crippen molar-refractivity contribution in [3.8, 4) is 0 Å². The maximum atomic E-state index is 13.1. The lowest BCUT2D eigenvalue weighted by atomic mass is 10.2. The van der Waals surface area contributed by atoms with Crippen LogP contribution in [-0.2, 0) is 6.54 Å². The molecule has 1 aromatic heterocycles. The van der Waals surface area contributed by atoms with Crippen LogP contribution in [0.5, 0.6) is 0 Å². The minimum absolute atomic E-state index is 0.332. The smallest absolute Gasteiger partial charge is 0.323 e. The highest BCUT2D eigenvalue weighted by atomic mass is 19.1. The van der Waals surface area contributed by atoms with Gasteiger partial charge in [-0.3, -0.25) is 4.68 Å². The van der Waals surface area contributed by atoms with Crippen LogP contribution in [0.15, 0.2) is 30.6 Å². The van der Waals surface area contributed by atoms with Crippen LogP contribution in [0.3, 0.4) is 0 Å². The van der Waals surface area contributed by atoms with Gasteiger partial charge in [0.15, 0.2) is 0 Å². The fourth-order valence-corrected chi connectivity index (χ4v) is 2.28. The number of aromatic nitrogens is 2. The minimum Gasteiger partial charge on any atom is -0.390 e. The zero-order valence-corrected chi connectivity index (χ0v) is 14.0. The average molecular weight is 335 g/mol. The zero-order valence-electron chi connectivity index (χ0n) is 14.0. The van der Waals surface area contributed by atoms with Crippen molar-refractivity contribution in [2.75, 3.05) is 31.3 Å². The Morgan fingerprint density at radius 2 is 2.17 bits per heavy atom. The van der Waals surface area contributed by atoms with Crippen molar-refractivity contribution in [3.63, 3.8) is 0 Å². The molecule has 1 atom stereocenters. The molecule has 24 heavy (non-hydrogen) atoms. The predicted molar refractivity (Wildman–Crippen MR) is 90.6 cm³/mol. The Hall–Kier alpha value is -2.45. The van der Waals surface area contributed by atoms with E-state index in [1.807, 2.05) is 19.0 Å². The molecule has 2 aromatic rings. The summed E-state index contributed by atoms with van der Waals surface area (Å²) < 4.78 is 14.6. The Balaban J connectivity index is 1.90. The number of nitrogens with zero attached hydrogens (tertiary/aromatic N) is 3. The molecule has 1 heterocycles. The molecule has 1 aromatic carbocycles. The highest BCUT2D eigenvalue weighted by molar-refractivity contribution is 6.00. The molecule has 7 nitrogen and oxygen atoms in total. The molecular formula is C16H22FN5O2. The number of likely N-dealkylation sites (N-methyl/N-ethyl adjacent to an activating group) is 1. The Morgan fingerprint density at radius 1 is 1.42 bits per heavy atom. The normalized spacial score (nSPS) is 12.2. The van der Waals surface area contributed by atoms with Crippen molar-refractivity contribution in [1.29, 1.82) is 0 Å². The highest BCUT2D eigenvalue weighted by Gasteiger charge is 2.10. The number of benzene rings is 1. The summed E-state index contributed by atoms with van der Waals surface area (Å²) in [4.78, 5) is 13.9. The lowest BCUT2D eigenvalue weighted by Gasteiger charge is -2.15. The first-order chi connectivity index (χ1) is 11.3. The molecule has 0 spiro atoms. The number of amides is 2. The number of aliphatic hydroxyl groups is 1. The second kappa shape index (κ2) is 7.89. The molecule has 130 valence electrons. The zero-order chi connectivity index (χ0) is 17.7. The summed E-state index contributed by atoms with van der Waals surface area (Å²) in [6, 6.07) is 3.69. The van der Waals surface area contributed by atoms with Crippen molar-refractivity contribution in [2.24, 2.45) is 0 Å². The molecule has 1 unspecified atom stereocenters. The van der Waals surface area contributed by atoms with Gasteiger partial charge in [-0.05, 0) is 44.8 Å². The largest absolute Gasteiger partial charge is 0.390 e. The summed E-state index contributed by atoms with van der Waals surface area (Å²) in [5.74, 6) is -0.351. The summed E-state index contributed by atoms with van der Waals surface area (Å²) in [6.07, 6.45) is 2.58. The molecule has 0 aliphatic carbocycles. The number of carbonyl (C=O) groups excluding carboxylic acids is 1. The summed E-state index contributed by atoms with van der Waals surface area (Å²) in [5, 5.41) is 19.3. The predicted octanol–water partition coefficient (Wildman–Crippen LogP) is 1.90. The van der Waals surface area contributed by atoms with E-state index in [0.717, 1.165) is 0 Å². The molecule has 0 saturated heterocycles. The van der Waals surface area contributed by atoms with E-state index in [0.29, 0.717) is 30.0 Å². The van der Waals surface area contributed by atoms with Gasteiger partial charge in [-0.1, -0.05) is 0 Å². The van der Waals surface area contributed by atoms with Crippen molar-refractivity contribution < 1.29 is 14.3 Å². The van der Waals surface area contributed by atoms with Gasteiger partial charge in [0.2, 0.25) is 0 Å². The number of carbonyl (C=O) groups is 1. The number of hydrogen-bond acceptors (Lipinski definition) is 4. The van der Waals surface area contributed by atoms with Gasteiger partial charge in [-0.25, -0.2) is 9.18 Å². The number of rotatable bonds is 6. The number of anilines is 2. The number of aliphatic hydroxyl groups excluding tert-OH is 1. The Bertz CT molecular complexity index is 702. The van der Waals surface area contributed by atoms with Gasteiger partial charge < -0.3 is 20.6 Å². The summed E-state index contributed by atoms with van der Waals surface area (Å²) in [7, 11) is 3.75. The molecule has 2 rings (SSSR count). The van der Waals surface area contributed by atoms with Gasteiger partial charge in [0.1, 0.15) is 5.82 Å². The van der Waals surface area contributed by atoms with Crippen LogP contribution in [0.4, 0.5) is 20.6 Å². The number of halogens is 1. The third-order valence-corrected chi connectivity index (χ3v) is 3.30. The first-order valence-corrected chi connectivity index (χ1v) is 7.53. The van der Waals surface area contributed by atoms with Gasteiger partial charge >= 0.3 is 6.03 Å². The second-order valence-electron chi connectivity index (χ2n) is 5.91. The summed E-state index contributed by atoms with van der Waals surface area (Å²) in [5.41, 5.74) is 1.67. The molecule has 0 bridgehead atoms. The Kier molecular flexibility index (Phi) is 5.88. The second-order valence-corrected chi connectivity index (χ2v) is 5.91. The van der Waals surface area contributed by atoms with E-state index in [2.05, 4.69) is 15.7 Å². The van der Waals surface area contributed by atoms with Crippen LogP contribution in [0.2, 0.25) is 0 Å². The number of aryl methyl sites for hydroxylation is 1. The topological polar surface area (TPSA) is 82.4 Å². The Labute approximate surface area is 140 Å². The van der Waals surface area contributed by atoms with E-state index in [9.17, 15) is 14.3 Å². The molecule has 0 fully saturated rings. The van der Waals surface area contributed by atoms with Crippen LogP contribution < -0.4 is 10.6 Å². The standard InChI is InChI=1S/C16H22FN5O2/c1-11-6-12(17)4-5-15(11)20-16(24)19-13-7-18-22(8-13)10-14(23)9-21(2)3/h4-8,14,23H,9-10H2,1-3H3,(H2,19,20,24). The molecule has 0 aliphatic rings. The first-order valence-electron chi connectivity index (χ1n) is 7.53. The average Bonchev–Trinajstić information content (AvgIpc) is 2.88. The van der Waals surface area contributed by atoms with Crippen molar-refractivity contribution >= 4 is 17.4 Å². The quantitative estimate of drug-likeness (QED) is 0.753. The number of urea groups is 1. The van der Waals surface area contributed by atoms with Gasteiger partial charge in [0.05, 0.1) is 24.5 Å². The van der Waals surface area contributed by atoms with Gasteiger partial charge in [-0.2, -0.15) is 5.10 Å². The fourth-order valence-electron chi connectivity index (χ4n) is 2.28. The van der Waals surface area contributed by atoms with Gasteiger partial charge in [-0.15, -0.1) is 0 Å². The van der Waals surface area contributed by atoms with Crippen LogP contribution >= 0.6 is 0 Å². The van der Waals surface area contributed by atoms with E-state index in [4.69, 9.17) is 0 Å². The maximum Gasteiger partial charge on any atom is 0.323 e. The van der Waals surface area contributed by atoms with E-state index < -0.39 is 12.1 Å². The van der Waals surface area contributed by atoms with Gasteiger partial charge in [0.25, 0.3) is 0 Å². The lowest BCUT2D eigenvalue weighted by Crippen LogP contribution is -2.29. The van der Waals surface area contributed by atoms with E-state index in [1.165, 1.54) is 24.4 Å². The molecule has 2 amide bonds. The highest BCUT2D eigenvalue weighted by Crippen LogP contribution is 2.16. The van der Waals surface area contributed by atoms with Crippen LogP contribution in [0, 0.1) is 12.7 Å². The molecule has 0 aliphatic heterocycles. The maximum absolute atomic E-state index is 13.1.